The molecular weight excluding hydrogens is 236 g/mol. The summed E-state index contributed by atoms with van der Waals surface area (Å²) in [6.07, 6.45) is 0.486. The first kappa shape index (κ1) is 13.4. The molecule has 0 saturated carbocycles. The van der Waals surface area contributed by atoms with Gasteiger partial charge >= 0.3 is 0 Å². The molecule has 98 valence electrons. The molecule has 4 nitrogen and oxygen atoms in total. The van der Waals surface area contributed by atoms with Crippen LogP contribution in [0.1, 0.15) is 25.8 Å². The van der Waals surface area contributed by atoms with Crippen molar-refractivity contribution in [3.8, 4) is 12.1 Å². The highest BCUT2D eigenvalue weighted by molar-refractivity contribution is 5.53. The van der Waals surface area contributed by atoms with Gasteiger partial charge in [0.2, 0.25) is 0 Å². The Morgan fingerprint density at radius 1 is 1.42 bits per heavy atom. The van der Waals surface area contributed by atoms with Gasteiger partial charge in [0.1, 0.15) is 0 Å². The zero-order valence-corrected chi connectivity index (χ0v) is 11.3. The lowest BCUT2D eigenvalue weighted by Crippen LogP contribution is -2.61. The number of benzene rings is 1. The molecule has 4 heteroatoms. The average Bonchev–Trinajstić information content (AvgIpc) is 2.41. The first-order valence-electron chi connectivity index (χ1n) is 6.44. The Hall–Kier alpha value is -2.04. The van der Waals surface area contributed by atoms with Gasteiger partial charge in [-0.3, -0.25) is 0 Å². The van der Waals surface area contributed by atoms with E-state index in [4.69, 9.17) is 10.5 Å². The van der Waals surface area contributed by atoms with Crippen LogP contribution in [0.25, 0.3) is 0 Å². The maximum absolute atomic E-state index is 9.00. The van der Waals surface area contributed by atoms with Gasteiger partial charge in [-0.05, 0) is 32.0 Å². The van der Waals surface area contributed by atoms with Crippen LogP contribution in [-0.4, -0.2) is 24.7 Å². The molecule has 0 aliphatic carbocycles. The van der Waals surface area contributed by atoms with E-state index in [9.17, 15) is 0 Å². The summed E-state index contributed by atoms with van der Waals surface area (Å²) in [4.78, 5) is 2.24. The van der Waals surface area contributed by atoms with Crippen LogP contribution >= 0.6 is 0 Å². The molecule has 1 aliphatic heterocycles. The minimum absolute atomic E-state index is 0.00854. The summed E-state index contributed by atoms with van der Waals surface area (Å²) < 4.78 is 0. The van der Waals surface area contributed by atoms with Crippen molar-refractivity contribution in [1.29, 1.82) is 10.5 Å². The Balaban J connectivity index is 2.31. The normalized spacial score (nSPS) is 21.5. The molecule has 1 aromatic rings. The highest BCUT2D eigenvalue weighted by Gasteiger charge is 2.32. The summed E-state index contributed by atoms with van der Waals surface area (Å²) in [5.41, 5.74) is 1.69. The van der Waals surface area contributed by atoms with Crippen LogP contribution in [0.5, 0.6) is 0 Å². The van der Waals surface area contributed by atoms with Gasteiger partial charge in [-0.25, -0.2) is 0 Å². The lowest BCUT2D eigenvalue weighted by Gasteiger charge is -2.45. The largest absolute Gasteiger partial charge is 0.364 e. The molecule has 19 heavy (non-hydrogen) atoms. The maximum atomic E-state index is 9.00. The SMILES string of the molecule is CC1(C)CN(c2cccc(C#N)c2)C(CC#N)CN1. The molecule has 1 aliphatic rings. The lowest BCUT2D eigenvalue weighted by atomic mass is 9.96. The topological polar surface area (TPSA) is 62.9 Å². The minimum atomic E-state index is 0.00854. The molecule has 1 saturated heterocycles. The molecule has 0 spiro atoms. The second kappa shape index (κ2) is 5.30. The van der Waals surface area contributed by atoms with Crippen LogP contribution in [0.4, 0.5) is 5.69 Å². The Labute approximate surface area is 114 Å². The van der Waals surface area contributed by atoms with Crippen LogP contribution in [0.15, 0.2) is 24.3 Å². The van der Waals surface area contributed by atoms with Crippen molar-refractivity contribution in [3.05, 3.63) is 29.8 Å². The quantitative estimate of drug-likeness (QED) is 0.877. The first-order valence-corrected chi connectivity index (χ1v) is 6.44. The summed E-state index contributed by atoms with van der Waals surface area (Å²) in [5.74, 6) is 0. The Kier molecular flexibility index (Phi) is 3.74. The van der Waals surface area contributed by atoms with Crippen molar-refractivity contribution >= 4 is 5.69 Å². The summed E-state index contributed by atoms with van der Waals surface area (Å²) in [6.45, 7) is 5.92. The molecule has 0 radical (unpaired) electrons. The lowest BCUT2D eigenvalue weighted by molar-refractivity contribution is 0.311. The van der Waals surface area contributed by atoms with Gasteiger partial charge in [-0.15, -0.1) is 0 Å². The molecular formula is C15H18N4. The van der Waals surface area contributed by atoms with E-state index in [0.717, 1.165) is 18.8 Å². The van der Waals surface area contributed by atoms with Crippen LogP contribution in [0, 0.1) is 22.7 Å². The number of nitrogens with zero attached hydrogens (tertiary/aromatic N) is 3. The van der Waals surface area contributed by atoms with Crippen molar-refractivity contribution < 1.29 is 0 Å². The van der Waals surface area contributed by atoms with Gasteiger partial charge in [0.25, 0.3) is 0 Å². The predicted molar refractivity (Wildman–Crippen MR) is 74.6 cm³/mol. The van der Waals surface area contributed by atoms with Crippen molar-refractivity contribution in [2.75, 3.05) is 18.0 Å². The van der Waals surface area contributed by atoms with Gasteiger partial charge in [0.05, 0.1) is 30.2 Å². The van der Waals surface area contributed by atoms with Gasteiger partial charge in [0.15, 0.2) is 0 Å². The van der Waals surface area contributed by atoms with Crippen molar-refractivity contribution in [2.45, 2.75) is 31.8 Å². The van der Waals surface area contributed by atoms with Crippen molar-refractivity contribution in [2.24, 2.45) is 0 Å². The molecule has 0 bridgehead atoms. The Morgan fingerprint density at radius 3 is 2.89 bits per heavy atom. The van der Waals surface area contributed by atoms with Gasteiger partial charge < -0.3 is 10.2 Å². The van der Waals surface area contributed by atoms with Crippen LogP contribution in [-0.2, 0) is 0 Å². The van der Waals surface area contributed by atoms with E-state index in [1.807, 2.05) is 18.2 Å². The molecule has 1 aromatic carbocycles. The number of piperazine rings is 1. The van der Waals surface area contributed by atoms with E-state index in [1.165, 1.54) is 0 Å². The van der Waals surface area contributed by atoms with E-state index < -0.39 is 0 Å². The average molecular weight is 254 g/mol. The monoisotopic (exact) mass is 254 g/mol. The molecule has 0 amide bonds. The zero-order valence-electron chi connectivity index (χ0n) is 11.3. The third-order valence-corrected chi connectivity index (χ3v) is 3.46. The fourth-order valence-electron chi connectivity index (χ4n) is 2.46. The van der Waals surface area contributed by atoms with Gasteiger partial charge in [-0.1, -0.05) is 6.07 Å². The van der Waals surface area contributed by atoms with E-state index in [2.05, 4.69) is 36.2 Å². The van der Waals surface area contributed by atoms with Crippen LogP contribution in [0.3, 0.4) is 0 Å². The van der Waals surface area contributed by atoms with Crippen LogP contribution in [0.2, 0.25) is 0 Å². The third-order valence-electron chi connectivity index (χ3n) is 3.46. The molecule has 1 atom stereocenters. The number of hydrogen-bond acceptors (Lipinski definition) is 4. The molecule has 1 N–H and O–H groups in total. The van der Waals surface area contributed by atoms with Crippen molar-refractivity contribution in [1.82, 2.24) is 5.32 Å². The first-order chi connectivity index (χ1) is 9.05. The third kappa shape index (κ3) is 3.05. The molecule has 1 heterocycles. The smallest absolute Gasteiger partial charge is 0.0992 e. The Morgan fingerprint density at radius 2 is 2.21 bits per heavy atom. The number of rotatable bonds is 2. The second-order valence-corrected chi connectivity index (χ2v) is 5.57. The maximum Gasteiger partial charge on any atom is 0.0992 e. The Bertz CT molecular complexity index is 536. The van der Waals surface area contributed by atoms with E-state index in [-0.39, 0.29) is 11.6 Å². The molecule has 2 rings (SSSR count). The fraction of sp³-hybridized carbons (Fsp3) is 0.467. The number of nitriles is 2. The van der Waals surface area contributed by atoms with Crippen LogP contribution < -0.4 is 10.2 Å². The second-order valence-electron chi connectivity index (χ2n) is 5.57. The highest BCUT2D eigenvalue weighted by atomic mass is 15.3. The summed E-state index contributed by atoms with van der Waals surface area (Å²) in [7, 11) is 0. The standard InChI is InChI=1S/C15H18N4/c1-15(2)11-19(14(6-7-16)10-18-15)13-5-3-4-12(8-13)9-17/h3-5,8,14,18H,6,10-11H2,1-2H3. The molecule has 1 fully saturated rings. The molecule has 0 aromatic heterocycles. The van der Waals surface area contributed by atoms with E-state index in [1.54, 1.807) is 6.07 Å². The van der Waals surface area contributed by atoms with E-state index >= 15 is 0 Å². The zero-order chi connectivity index (χ0) is 13.9. The number of nitrogens with one attached hydrogen (secondary N) is 1. The molecule has 1 unspecified atom stereocenters. The highest BCUT2D eigenvalue weighted by Crippen LogP contribution is 2.25. The summed E-state index contributed by atoms with van der Waals surface area (Å²) in [5, 5.41) is 21.4. The summed E-state index contributed by atoms with van der Waals surface area (Å²) >= 11 is 0. The fourth-order valence-corrected chi connectivity index (χ4v) is 2.46. The summed E-state index contributed by atoms with van der Waals surface area (Å²) in [6, 6.07) is 12.2. The van der Waals surface area contributed by atoms with Crippen molar-refractivity contribution in [3.63, 3.8) is 0 Å². The number of hydrogen-bond donors (Lipinski definition) is 1. The predicted octanol–water partition coefficient (Wildman–Crippen LogP) is 2.03. The van der Waals surface area contributed by atoms with E-state index in [0.29, 0.717) is 12.0 Å². The minimum Gasteiger partial charge on any atom is -0.364 e. The van der Waals surface area contributed by atoms with Gasteiger partial charge in [0, 0.05) is 24.3 Å². The van der Waals surface area contributed by atoms with Gasteiger partial charge in [-0.2, -0.15) is 10.5 Å². The number of anilines is 1.